The normalized spacial score (nSPS) is 11.8. The molecule has 3 heterocycles. The van der Waals surface area contributed by atoms with Crippen LogP contribution in [-0.4, -0.2) is 53.9 Å². The molecule has 3 aromatic heterocycles. The summed E-state index contributed by atoms with van der Waals surface area (Å²) in [6, 6.07) is 12.7. The van der Waals surface area contributed by atoms with Crippen LogP contribution in [0.4, 0.5) is 4.79 Å². The van der Waals surface area contributed by atoms with Crippen molar-refractivity contribution in [1.82, 2.24) is 29.2 Å². The number of amides is 1. The van der Waals surface area contributed by atoms with Gasteiger partial charge in [0.2, 0.25) is 0 Å². The van der Waals surface area contributed by atoms with Gasteiger partial charge in [0.1, 0.15) is 11.3 Å². The standard InChI is InChI=1S/C30H31ClN6O3/c1-7-37-18(2)21(16-32-37)17-35(6)28(38)26-23-15-22(31)10-11-24(23)33-27(34-26)20-9-8-19-12-13-36(25(19)14-20)29(39)40-30(3,4)5/h8-16H,7,17H2,1-6H3. The molecule has 0 radical (unpaired) electrons. The Balaban J connectivity index is 1.57. The molecule has 40 heavy (non-hydrogen) atoms. The van der Waals surface area contributed by atoms with Crippen LogP contribution in [0.5, 0.6) is 0 Å². The third-order valence-electron chi connectivity index (χ3n) is 6.66. The summed E-state index contributed by atoms with van der Waals surface area (Å²) in [5, 5.41) is 6.30. The first kappa shape index (κ1) is 27.3. The van der Waals surface area contributed by atoms with Crippen LogP contribution in [0.3, 0.4) is 0 Å². The molecular weight excluding hydrogens is 528 g/mol. The molecule has 0 unspecified atom stereocenters. The van der Waals surface area contributed by atoms with E-state index in [9.17, 15) is 9.59 Å². The highest BCUT2D eigenvalue weighted by molar-refractivity contribution is 6.31. The summed E-state index contributed by atoms with van der Waals surface area (Å²) in [7, 11) is 1.74. The molecule has 0 aliphatic carbocycles. The van der Waals surface area contributed by atoms with E-state index < -0.39 is 11.7 Å². The molecule has 0 saturated carbocycles. The lowest BCUT2D eigenvalue weighted by Crippen LogP contribution is -2.28. The van der Waals surface area contributed by atoms with Gasteiger partial charge >= 0.3 is 6.09 Å². The molecule has 0 N–H and O–H groups in total. The van der Waals surface area contributed by atoms with Gasteiger partial charge in [0, 0.05) is 58.9 Å². The monoisotopic (exact) mass is 558 g/mol. The average molecular weight is 559 g/mol. The molecule has 5 rings (SSSR count). The summed E-state index contributed by atoms with van der Waals surface area (Å²) < 4.78 is 8.93. The fourth-order valence-electron chi connectivity index (χ4n) is 4.60. The minimum absolute atomic E-state index is 0.244. The van der Waals surface area contributed by atoms with Gasteiger partial charge in [-0.2, -0.15) is 5.10 Å². The Morgan fingerprint density at radius 1 is 1.07 bits per heavy atom. The summed E-state index contributed by atoms with van der Waals surface area (Å²) in [5.41, 5.74) is 3.48. The smallest absolute Gasteiger partial charge is 0.418 e. The van der Waals surface area contributed by atoms with Crippen LogP contribution < -0.4 is 0 Å². The number of halogens is 1. The van der Waals surface area contributed by atoms with Gasteiger partial charge in [-0.15, -0.1) is 0 Å². The zero-order valence-electron chi connectivity index (χ0n) is 23.4. The molecular formula is C30H31ClN6O3. The molecule has 5 aromatic rings. The number of aromatic nitrogens is 5. The molecule has 0 saturated heterocycles. The van der Waals surface area contributed by atoms with E-state index in [0.29, 0.717) is 39.4 Å². The molecule has 9 nitrogen and oxygen atoms in total. The first-order chi connectivity index (χ1) is 18.9. The molecule has 0 spiro atoms. The van der Waals surface area contributed by atoms with Crippen LogP contribution in [0.2, 0.25) is 5.02 Å². The van der Waals surface area contributed by atoms with Crippen LogP contribution in [0.15, 0.2) is 54.9 Å². The Bertz CT molecular complexity index is 1770. The fourth-order valence-corrected chi connectivity index (χ4v) is 4.77. The van der Waals surface area contributed by atoms with E-state index in [2.05, 4.69) is 5.10 Å². The van der Waals surface area contributed by atoms with E-state index in [1.165, 1.54) is 4.57 Å². The number of rotatable bonds is 5. The number of benzene rings is 2. The first-order valence-corrected chi connectivity index (χ1v) is 13.4. The number of carbonyl (C=O) groups excluding carboxylic acids is 2. The van der Waals surface area contributed by atoms with Crippen LogP contribution in [0, 0.1) is 6.92 Å². The highest BCUT2D eigenvalue weighted by Gasteiger charge is 2.23. The summed E-state index contributed by atoms with van der Waals surface area (Å²) >= 11 is 6.31. The van der Waals surface area contributed by atoms with Crippen molar-refractivity contribution in [3.05, 3.63) is 76.8 Å². The average Bonchev–Trinajstić information content (AvgIpc) is 3.49. The second kappa shape index (κ2) is 10.4. The molecule has 1 amide bonds. The summed E-state index contributed by atoms with van der Waals surface area (Å²) in [4.78, 5) is 37.7. The van der Waals surface area contributed by atoms with E-state index in [-0.39, 0.29) is 11.6 Å². The number of hydrogen-bond acceptors (Lipinski definition) is 6. The zero-order valence-corrected chi connectivity index (χ0v) is 24.2. The van der Waals surface area contributed by atoms with Crippen LogP contribution in [-0.2, 0) is 17.8 Å². The van der Waals surface area contributed by atoms with Gasteiger partial charge in [0.15, 0.2) is 5.82 Å². The molecule has 10 heteroatoms. The third-order valence-corrected chi connectivity index (χ3v) is 6.90. The second-order valence-electron chi connectivity index (χ2n) is 10.7. The summed E-state index contributed by atoms with van der Waals surface area (Å²) in [5.74, 6) is 0.0955. The molecule has 2 aromatic carbocycles. The summed E-state index contributed by atoms with van der Waals surface area (Å²) in [6.07, 6.45) is 2.99. The maximum atomic E-state index is 13.8. The minimum Gasteiger partial charge on any atom is -0.443 e. The lowest BCUT2D eigenvalue weighted by atomic mass is 10.1. The highest BCUT2D eigenvalue weighted by atomic mass is 35.5. The zero-order chi connectivity index (χ0) is 28.8. The van der Waals surface area contributed by atoms with Crippen LogP contribution in [0.1, 0.15) is 49.4 Å². The van der Waals surface area contributed by atoms with Gasteiger partial charge in [-0.1, -0.05) is 23.7 Å². The van der Waals surface area contributed by atoms with E-state index in [1.807, 2.05) is 63.6 Å². The van der Waals surface area contributed by atoms with E-state index >= 15 is 0 Å². The Labute approximate surface area is 237 Å². The number of carbonyl (C=O) groups is 2. The molecule has 0 aliphatic rings. The van der Waals surface area contributed by atoms with Crippen LogP contribution in [0.25, 0.3) is 33.2 Å². The fraction of sp³-hybridized carbons (Fsp3) is 0.300. The van der Waals surface area contributed by atoms with Gasteiger partial charge in [-0.3, -0.25) is 14.0 Å². The van der Waals surface area contributed by atoms with Gasteiger partial charge in [0.05, 0.1) is 17.2 Å². The molecule has 0 aliphatic heterocycles. The Hall–Kier alpha value is -4.24. The van der Waals surface area contributed by atoms with Crippen molar-refractivity contribution >= 4 is 45.4 Å². The molecule has 206 valence electrons. The summed E-state index contributed by atoms with van der Waals surface area (Å²) in [6.45, 7) is 10.6. The van der Waals surface area contributed by atoms with E-state index in [4.69, 9.17) is 26.3 Å². The van der Waals surface area contributed by atoms with Gasteiger partial charge in [-0.25, -0.2) is 14.8 Å². The van der Waals surface area contributed by atoms with Gasteiger partial charge < -0.3 is 9.64 Å². The largest absolute Gasteiger partial charge is 0.443 e. The highest BCUT2D eigenvalue weighted by Crippen LogP contribution is 2.28. The lowest BCUT2D eigenvalue weighted by molar-refractivity contribution is 0.0544. The van der Waals surface area contributed by atoms with E-state index in [1.54, 1.807) is 42.5 Å². The van der Waals surface area contributed by atoms with Crippen molar-refractivity contribution in [3.8, 4) is 11.4 Å². The molecule has 0 bridgehead atoms. The predicted octanol–water partition coefficient (Wildman–Crippen LogP) is 6.49. The van der Waals surface area contributed by atoms with Crippen molar-refractivity contribution in [3.63, 3.8) is 0 Å². The first-order valence-electron chi connectivity index (χ1n) is 13.0. The predicted molar refractivity (Wildman–Crippen MR) is 156 cm³/mol. The van der Waals surface area contributed by atoms with Gasteiger partial charge in [0.25, 0.3) is 5.91 Å². The SMILES string of the molecule is CCn1ncc(CN(C)C(=O)c2nc(-c3ccc4ccn(C(=O)OC(C)(C)C)c4c3)nc3ccc(Cl)cc23)c1C. The third kappa shape index (κ3) is 5.29. The maximum absolute atomic E-state index is 13.8. The number of hydrogen-bond donors (Lipinski definition) is 0. The maximum Gasteiger partial charge on any atom is 0.418 e. The van der Waals surface area contributed by atoms with Crippen molar-refractivity contribution in [2.45, 2.75) is 53.3 Å². The van der Waals surface area contributed by atoms with Crippen molar-refractivity contribution in [1.29, 1.82) is 0 Å². The van der Waals surface area contributed by atoms with E-state index in [0.717, 1.165) is 23.2 Å². The number of nitrogens with zero attached hydrogens (tertiary/aromatic N) is 6. The van der Waals surface area contributed by atoms with Crippen LogP contribution >= 0.6 is 11.6 Å². The number of aryl methyl sites for hydroxylation is 1. The number of ether oxygens (including phenoxy) is 1. The number of fused-ring (bicyclic) bond motifs is 2. The quantitative estimate of drug-likeness (QED) is 0.245. The minimum atomic E-state index is -0.636. The Morgan fingerprint density at radius 3 is 2.55 bits per heavy atom. The molecule has 0 atom stereocenters. The Morgan fingerprint density at radius 2 is 1.85 bits per heavy atom. The van der Waals surface area contributed by atoms with Gasteiger partial charge in [-0.05, 0) is 65.0 Å². The van der Waals surface area contributed by atoms with Crippen molar-refractivity contribution in [2.75, 3.05) is 7.05 Å². The Kier molecular flexibility index (Phi) is 7.10. The topological polar surface area (TPSA) is 95.1 Å². The second-order valence-corrected chi connectivity index (χ2v) is 11.2. The van der Waals surface area contributed by atoms with Crippen molar-refractivity contribution < 1.29 is 14.3 Å². The van der Waals surface area contributed by atoms with Crippen molar-refractivity contribution in [2.24, 2.45) is 0 Å². The lowest BCUT2D eigenvalue weighted by Gasteiger charge is -2.20. The molecule has 0 fully saturated rings.